The Hall–Kier alpha value is -3.00. The number of aromatic nitrogens is 4. The van der Waals surface area contributed by atoms with Gasteiger partial charge in [-0.3, -0.25) is 9.36 Å². The Labute approximate surface area is 163 Å². The molecule has 1 amide bonds. The normalized spacial score (nSPS) is 18.2. The maximum atomic E-state index is 11.6. The molecule has 0 radical (unpaired) electrons. The average Bonchev–Trinajstić information content (AvgIpc) is 3.11. The van der Waals surface area contributed by atoms with Crippen molar-refractivity contribution >= 4 is 22.9 Å². The molecule has 0 saturated carbocycles. The first kappa shape index (κ1) is 18.4. The number of aryl methyl sites for hydroxylation is 1. The van der Waals surface area contributed by atoms with Crippen LogP contribution in [-0.4, -0.2) is 62.2 Å². The highest BCUT2D eigenvalue weighted by atomic mass is 16.5. The Balaban J connectivity index is 1.53. The minimum Gasteiger partial charge on any atom is -0.372 e. The molecule has 1 N–H and O–H groups in total. The van der Waals surface area contributed by atoms with Gasteiger partial charge in [-0.1, -0.05) is 6.07 Å². The third kappa shape index (κ3) is 3.68. The molecule has 1 saturated heterocycles. The van der Waals surface area contributed by atoms with E-state index in [9.17, 15) is 4.79 Å². The molecule has 1 aliphatic rings. The molecule has 2 atom stereocenters. The van der Waals surface area contributed by atoms with Gasteiger partial charge in [0.2, 0.25) is 11.9 Å². The fraction of sp³-hybridized carbons (Fsp3) is 0.400. The second-order valence-electron chi connectivity index (χ2n) is 7.15. The number of carbonyl (C=O) groups is 1. The van der Waals surface area contributed by atoms with Gasteiger partial charge in [0, 0.05) is 26.2 Å². The number of anilines is 1. The lowest BCUT2D eigenvalue weighted by Gasteiger charge is -2.35. The minimum atomic E-state index is -0.109. The zero-order valence-electron chi connectivity index (χ0n) is 16.3. The van der Waals surface area contributed by atoms with Crippen molar-refractivity contribution in [1.29, 1.82) is 0 Å². The summed E-state index contributed by atoms with van der Waals surface area (Å²) in [5.74, 6) is 1.33. The molecule has 2 aromatic heterocycles. The van der Waals surface area contributed by atoms with Gasteiger partial charge in [0.1, 0.15) is 12.1 Å². The van der Waals surface area contributed by atoms with Crippen LogP contribution in [0.1, 0.15) is 19.4 Å². The van der Waals surface area contributed by atoms with E-state index in [1.165, 1.54) is 5.56 Å². The predicted octanol–water partition coefficient (Wildman–Crippen LogP) is 2.17. The van der Waals surface area contributed by atoms with Crippen LogP contribution in [0.25, 0.3) is 16.9 Å². The number of ether oxygens (including phenoxy) is 1. The van der Waals surface area contributed by atoms with E-state index in [1.807, 2.05) is 35.4 Å². The molecule has 8 heteroatoms. The van der Waals surface area contributed by atoms with Crippen molar-refractivity contribution < 1.29 is 9.53 Å². The summed E-state index contributed by atoms with van der Waals surface area (Å²) in [6, 6.07) is 7.96. The summed E-state index contributed by atoms with van der Waals surface area (Å²) in [6.45, 7) is 7.39. The van der Waals surface area contributed by atoms with Gasteiger partial charge < -0.3 is 15.0 Å². The third-order valence-corrected chi connectivity index (χ3v) is 5.04. The van der Waals surface area contributed by atoms with Crippen molar-refractivity contribution in [2.75, 3.05) is 25.0 Å². The number of fused-ring (bicyclic) bond motifs is 1. The number of amides is 1. The van der Waals surface area contributed by atoms with Crippen LogP contribution in [0.15, 0.2) is 36.8 Å². The van der Waals surface area contributed by atoms with Crippen molar-refractivity contribution in [3.05, 3.63) is 42.4 Å². The maximum Gasteiger partial charge on any atom is 0.224 e. The smallest absolute Gasteiger partial charge is 0.224 e. The van der Waals surface area contributed by atoms with Crippen LogP contribution in [0, 0.1) is 6.92 Å². The monoisotopic (exact) mass is 380 g/mol. The summed E-state index contributed by atoms with van der Waals surface area (Å²) in [5, 5.41) is 3.31. The lowest BCUT2D eigenvalue weighted by atomic mass is 10.1. The summed E-state index contributed by atoms with van der Waals surface area (Å²) in [7, 11) is 0. The van der Waals surface area contributed by atoms with Crippen LogP contribution in [0.4, 0.5) is 5.95 Å². The first-order valence-corrected chi connectivity index (χ1v) is 9.42. The topological polar surface area (TPSA) is 85.2 Å². The lowest BCUT2D eigenvalue weighted by Crippen LogP contribution is -2.50. The highest BCUT2D eigenvalue weighted by Crippen LogP contribution is 2.19. The van der Waals surface area contributed by atoms with Gasteiger partial charge in [0.05, 0.1) is 29.8 Å². The van der Waals surface area contributed by atoms with Gasteiger partial charge in [0.25, 0.3) is 0 Å². The van der Waals surface area contributed by atoms with Crippen LogP contribution < -0.4 is 5.32 Å². The first-order chi connectivity index (χ1) is 13.5. The number of rotatable bonds is 4. The summed E-state index contributed by atoms with van der Waals surface area (Å²) in [4.78, 5) is 26.9. The van der Waals surface area contributed by atoms with Crippen LogP contribution in [-0.2, 0) is 9.53 Å². The van der Waals surface area contributed by atoms with Crippen molar-refractivity contribution in [1.82, 2.24) is 24.4 Å². The summed E-state index contributed by atoms with van der Waals surface area (Å²) in [5.41, 5.74) is 3.10. The molecular weight excluding hydrogens is 356 g/mol. The summed E-state index contributed by atoms with van der Waals surface area (Å²) in [6.07, 6.45) is 3.39. The van der Waals surface area contributed by atoms with Gasteiger partial charge >= 0.3 is 0 Å². The second-order valence-corrected chi connectivity index (χ2v) is 7.15. The van der Waals surface area contributed by atoms with Crippen molar-refractivity contribution in [3.8, 4) is 5.82 Å². The highest BCUT2D eigenvalue weighted by molar-refractivity contribution is 5.77. The molecule has 4 rings (SSSR count). The van der Waals surface area contributed by atoms with Crippen LogP contribution in [0.2, 0.25) is 0 Å². The summed E-state index contributed by atoms with van der Waals surface area (Å²) >= 11 is 0. The zero-order chi connectivity index (χ0) is 19.7. The Morgan fingerprint density at radius 1 is 1.32 bits per heavy atom. The molecular formula is C20H24N6O2. The largest absolute Gasteiger partial charge is 0.372 e. The van der Waals surface area contributed by atoms with E-state index in [1.54, 1.807) is 19.4 Å². The fourth-order valence-electron chi connectivity index (χ4n) is 3.42. The SMILES string of the molecule is CC(=O)N1CCOC(C(C)Nc2nccc(-n3cnc4cc(C)ccc43)n2)C1. The van der Waals surface area contributed by atoms with Gasteiger partial charge in [-0.05, 0) is 37.6 Å². The lowest BCUT2D eigenvalue weighted by molar-refractivity contribution is -0.136. The maximum absolute atomic E-state index is 11.6. The van der Waals surface area contributed by atoms with Crippen LogP contribution >= 0.6 is 0 Å². The Morgan fingerprint density at radius 2 is 2.18 bits per heavy atom. The van der Waals surface area contributed by atoms with Gasteiger partial charge in [0.15, 0.2) is 0 Å². The molecule has 0 aliphatic carbocycles. The second kappa shape index (κ2) is 7.55. The Kier molecular flexibility index (Phi) is 4.95. The standard InChI is InChI=1S/C20H24N6O2/c1-13-4-5-17-16(10-13)22-12-26(17)19-6-7-21-20(24-19)23-14(2)18-11-25(15(3)27)8-9-28-18/h4-7,10,12,14,18H,8-9,11H2,1-3H3,(H,21,23,24). The first-order valence-electron chi connectivity index (χ1n) is 9.42. The van der Waals surface area contributed by atoms with Crippen molar-refractivity contribution in [2.24, 2.45) is 0 Å². The number of morpholine rings is 1. The minimum absolute atomic E-state index is 0.0421. The molecule has 28 heavy (non-hydrogen) atoms. The van der Waals surface area contributed by atoms with Gasteiger partial charge in [-0.15, -0.1) is 0 Å². The number of nitrogens with one attached hydrogen (secondary N) is 1. The fourth-order valence-corrected chi connectivity index (χ4v) is 3.42. The number of hydrogen-bond acceptors (Lipinski definition) is 6. The van der Waals surface area contributed by atoms with E-state index in [0.29, 0.717) is 25.6 Å². The molecule has 1 aliphatic heterocycles. The molecule has 1 fully saturated rings. The number of hydrogen-bond donors (Lipinski definition) is 1. The molecule has 3 aromatic rings. The van der Waals surface area contributed by atoms with Crippen molar-refractivity contribution in [2.45, 2.75) is 32.9 Å². The van der Waals surface area contributed by atoms with E-state index >= 15 is 0 Å². The quantitative estimate of drug-likeness (QED) is 0.747. The average molecular weight is 380 g/mol. The van der Waals surface area contributed by atoms with Gasteiger partial charge in [-0.2, -0.15) is 4.98 Å². The van der Waals surface area contributed by atoms with Gasteiger partial charge in [-0.25, -0.2) is 9.97 Å². The van der Waals surface area contributed by atoms with Crippen LogP contribution in [0.3, 0.4) is 0 Å². The Morgan fingerprint density at radius 3 is 3.00 bits per heavy atom. The zero-order valence-corrected chi connectivity index (χ0v) is 16.3. The third-order valence-electron chi connectivity index (χ3n) is 5.04. The highest BCUT2D eigenvalue weighted by Gasteiger charge is 2.27. The number of imidazole rings is 1. The molecule has 0 spiro atoms. The van der Waals surface area contributed by atoms with Crippen LogP contribution in [0.5, 0.6) is 0 Å². The van der Waals surface area contributed by atoms with E-state index in [4.69, 9.17) is 4.74 Å². The number of nitrogens with zero attached hydrogens (tertiary/aromatic N) is 5. The van der Waals surface area contributed by atoms with E-state index in [2.05, 4.69) is 32.4 Å². The molecule has 3 heterocycles. The molecule has 2 unspecified atom stereocenters. The molecule has 8 nitrogen and oxygen atoms in total. The predicted molar refractivity (Wildman–Crippen MR) is 106 cm³/mol. The molecule has 146 valence electrons. The Bertz CT molecular complexity index is 1000. The molecule has 0 bridgehead atoms. The van der Waals surface area contributed by atoms with Crippen molar-refractivity contribution in [3.63, 3.8) is 0 Å². The van der Waals surface area contributed by atoms with E-state index < -0.39 is 0 Å². The molecule has 1 aromatic carbocycles. The van der Waals surface area contributed by atoms with E-state index in [-0.39, 0.29) is 18.1 Å². The van der Waals surface area contributed by atoms with E-state index in [0.717, 1.165) is 16.9 Å². The number of carbonyl (C=O) groups excluding carboxylic acids is 1. The summed E-state index contributed by atoms with van der Waals surface area (Å²) < 4.78 is 7.78. The number of benzene rings is 1.